The van der Waals surface area contributed by atoms with Gasteiger partial charge in [0.1, 0.15) is 5.82 Å². The molecule has 1 aromatic carbocycles. The van der Waals surface area contributed by atoms with Crippen molar-refractivity contribution in [1.82, 2.24) is 15.1 Å². The molecule has 0 aliphatic carbocycles. The van der Waals surface area contributed by atoms with Crippen LogP contribution in [0.4, 0.5) is 4.39 Å². The average Bonchev–Trinajstić information content (AvgIpc) is 2.81. The molecular formula is C14H16FN3O. The molecule has 0 aliphatic rings. The van der Waals surface area contributed by atoms with Crippen molar-refractivity contribution in [1.29, 1.82) is 0 Å². The maximum absolute atomic E-state index is 12.7. The molecule has 100 valence electrons. The summed E-state index contributed by atoms with van der Waals surface area (Å²) in [5.74, 6) is -0.318. The summed E-state index contributed by atoms with van der Waals surface area (Å²) >= 11 is 0. The van der Waals surface area contributed by atoms with Crippen LogP contribution in [0.2, 0.25) is 0 Å². The number of rotatable bonds is 5. The van der Waals surface area contributed by atoms with E-state index in [1.54, 1.807) is 16.8 Å². The van der Waals surface area contributed by atoms with E-state index in [0.717, 1.165) is 11.3 Å². The highest BCUT2D eigenvalue weighted by atomic mass is 19.1. The molecule has 4 nitrogen and oxygen atoms in total. The molecule has 0 saturated carbocycles. The van der Waals surface area contributed by atoms with Gasteiger partial charge in [-0.1, -0.05) is 12.1 Å². The van der Waals surface area contributed by atoms with Gasteiger partial charge in [0.05, 0.1) is 5.69 Å². The SMILES string of the molecule is Cc1ccn(CCC(=O)NCc2ccc(F)cc2)n1. The van der Waals surface area contributed by atoms with Gasteiger partial charge in [0.25, 0.3) is 0 Å². The number of carbonyl (C=O) groups is 1. The minimum Gasteiger partial charge on any atom is -0.352 e. The number of amides is 1. The fourth-order valence-corrected chi connectivity index (χ4v) is 1.70. The Bertz CT molecular complexity index is 548. The molecule has 1 amide bonds. The number of aryl methyl sites for hydroxylation is 2. The highest BCUT2D eigenvalue weighted by Crippen LogP contribution is 2.02. The van der Waals surface area contributed by atoms with E-state index < -0.39 is 0 Å². The summed E-state index contributed by atoms with van der Waals surface area (Å²) < 4.78 is 14.4. The standard InChI is InChI=1S/C14H16FN3O/c1-11-6-8-18(17-11)9-7-14(19)16-10-12-2-4-13(15)5-3-12/h2-6,8H,7,9-10H2,1H3,(H,16,19). The van der Waals surface area contributed by atoms with Crippen molar-refractivity contribution >= 4 is 5.91 Å². The van der Waals surface area contributed by atoms with Gasteiger partial charge in [-0.15, -0.1) is 0 Å². The first kappa shape index (κ1) is 13.3. The summed E-state index contributed by atoms with van der Waals surface area (Å²) in [6.45, 7) is 2.88. The van der Waals surface area contributed by atoms with Gasteiger partial charge < -0.3 is 5.32 Å². The van der Waals surface area contributed by atoms with Gasteiger partial charge in [-0.3, -0.25) is 9.48 Å². The van der Waals surface area contributed by atoms with E-state index >= 15 is 0 Å². The van der Waals surface area contributed by atoms with E-state index in [1.807, 2.05) is 19.2 Å². The number of nitrogens with zero attached hydrogens (tertiary/aromatic N) is 2. The number of carbonyl (C=O) groups excluding carboxylic acids is 1. The number of aromatic nitrogens is 2. The van der Waals surface area contributed by atoms with Crippen LogP contribution in [-0.4, -0.2) is 15.7 Å². The van der Waals surface area contributed by atoms with E-state index in [9.17, 15) is 9.18 Å². The smallest absolute Gasteiger partial charge is 0.222 e. The second-order valence-corrected chi connectivity index (χ2v) is 4.37. The topological polar surface area (TPSA) is 46.9 Å². The van der Waals surface area contributed by atoms with Crippen LogP contribution < -0.4 is 5.32 Å². The van der Waals surface area contributed by atoms with Gasteiger partial charge in [-0.2, -0.15) is 5.10 Å². The summed E-state index contributed by atoms with van der Waals surface area (Å²) in [6, 6.07) is 7.98. The molecule has 1 N–H and O–H groups in total. The Hall–Kier alpha value is -2.17. The number of benzene rings is 1. The molecule has 2 aromatic rings. The molecule has 0 atom stereocenters. The van der Waals surface area contributed by atoms with E-state index in [1.165, 1.54) is 12.1 Å². The second kappa shape index (κ2) is 6.13. The monoisotopic (exact) mass is 261 g/mol. The average molecular weight is 261 g/mol. The molecule has 1 aromatic heterocycles. The van der Waals surface area contributed by atoms with Crippen molar-refractivity contribution < 1.29 is 9.18 Å². The van der Waals surface area contributed by atoms with Crippen molar-refractivity contribution in [3.05, 3.63) is 53.6 Å². The van der Waals surface area contributed by atoms with E-state index in [4.69, 9.17) is 0 Å². The lowest BCUT2D eigenvalue weighted by Gasteiger charge is -2.05. The van der Waals surface area contributed by atoms with Crippen LogP contribution in [0.5, 0.6) is 0 Å². The van der Waals surface area contributed by atoms with Gasteiger partial charge in [-0.25, -0.2) is 4.39 Å². The summed E-state index contributed by atoms with van der Waals surface area (Å²) in [6.07, 6.45) is 2.23. The minimum absolute atomic E-state index is 0.0440. The van der Waals surface area contributed by atoms with Crippen LogP contribution >= 0.6 is 0 Å². The third-order valence-electron chi connectivity index (χ3n) is 2.74. The number of hydrogen-bond donors (Lipinski definition) is 1. The summed E-state index contributed by atoms with van der Waals surface area (Å²) in [7, 11) is 0. The van der Waals surface area contributed by atoms with Crippen LogP contribution in [0.3, 0.4) is 0 Å². The summed E-state index contributed by atoms with van der Waals surface area (Å²) in [5.41, 5.74) is 1.82. The normalized spacial score (nSPS) is 10.4. The lowest BCUT2D eigenvalue weighted by molar-refractivity contribution is -0.121. The largest absolute Gasteiger partial charge is 0.352 e. The predicted octanol–water partition coefficient (Wildman–Crippen LogP) is 2.04. The van der Waals surface area contributed by atoms with Crippen LogP contribution in [0, 0.1) is 12.7 Å². The van der Waals surface area contributed by atoms with Crippen molar-refractivity contribution in [2.45, 2.75) is 26.4 Å². The molecule has 0 saturated heterocycles. The molecule has 19 heavy (non-hydrogen) atoms. The Balaban J connectivity index is 1.74. The first-order valence-corrected chi connectivity index (χ1v) is 6.15. The molecule has 0 radical (unpaired) electrons. The fraction of sp³-hybridized carbons (Fsp3) is 0.286. The molecule has 0 unspecified atom stereocenters. The first-order chi connectivity index (χ1) is 9.13. The zero-order valence-corrected chi connectivity index (χ0v) is 10.8. The minimum atomic E-state index is -0.274. The summed E-state index contributed by atoms with van der Waals surface area (Å²) in [5, 5.41) is 7.00. The Kier molecular flexibility index (Phi) is 4.28. The second-order valence-electron chi connectivity index (χ2n) is 4.37. The van der Waals surface area contributed by atoms with E-state index in [-0.39, 0.29) is 11.7 Å². The highest BCUT2D eigenvalue weighted by molar-refractivity contribution is 5.75. The van der Waals surface area contributed by atoms with Crippen molar-refractivity contribution in [3.8, 4) is 0 Å². The molecule has 0 fully saturated rings. The quantitative estimate of drug-likeness (QED) is 0.895. The van der Waals surface area contributed by atoms with Crippen LogP contribution in [0.1, 0.15) is 17.7 Å². The van der Waals surface area contributed by atoms with Gasteiger partial charge in [0.2, 0.25) is 5.91 Å². The highest BCUT2D eigenvalue weighted by Gasteiger charge is 2.03. The Labute approximate surface area is 111 Å². The first-order valence-electron chi connectivity index (χ1n) is 6.15. The molecule has 2 rings (SSSR count). The zero-order chi connectivity index (χ0) is 13.7. The molecule has 1 heterocycles. The maximum Gasteiger partial charge on any atom is 0.222 e. The van der Waals surface area contributed by atoms with Gasteiger partial charge >= 0.3 is 0 Å². The molecular weight excluding hydrogens is 245 g/mol. The van der Waals surface area contributed by atoms with Crippen molar-refractivity contribution in [2.24, 2.45) is 0 Å². The number of nitrogens with one attached hydrogen (secondary N) is 1. The summed E-state index contributed by atoms with van der Waals surface area (Å²) in [4.78, 5) is 11.6. The fourth-order valence-electron chi connectivity index (χ4n) is 1.70. The number of halogens is 1. The molecule has 0 aliphatic heterocycles. The Morgan fingerprint density at radius 3 is 2.68 bits per heavy atom. The molecule has 0 bridgehead atoms. The maximum atomic E-state index is 12.7. The number of hydrogen-bond acceptors (Lipinski definition) is 2. The third kappa shape index (κ3) is 4.21. The van der Waals surface area contributed by atoms with Gasteiger partial charge in [0, 0.05) is 25.7 Å². The predicted molar refractivity (Wildman–Crippen MR) is 69.8 cm³/mol. The third-order valence-corrected chi connectivity index (χ3v) is 2.74. The lowest BCUT2D eigenvalue weighted by atomic mass is 10.2. The Morgan fingerprint density at radius 2 is 2.05 bits per heavy atom. The van der Waals surface area contributed by atoms with E-state index in [2.05, 4.69) is 10.4 Å². The zero-order valence-electron chi connectivity index (χ0n) is 10.8. The van der Waals surface area contributed by atoms with Gasteiger partial charge in [-0.05, 0) is 30.7 Å². The van der Waals surface area contributed by atoms with Crippen LogP contribution in [-0.2, 0) is 17.9 Å². The Morgan fingerprint density at radius 1 is 1.32 bits per heavy atom. The molecule has 5 heteroatoms. The van der Waals surface area contributed by atoms with Crippen LogP contribution in [0.25, 0.3) is 0 Å². The van der Waals surface area contributed by atoms with Gasteiger partial charge in [0.15, 0.2) is 0 Å². The van der Waals surface area contributed by atoms with Crippen molar-refractivity contribution in [2.75, 3.05) is 0 Å². The van der Waals surface area contributed by atoms with Crippen molar-refractivity contribution in [3.63, 3.8) is 0 Å². The van der Waals surface area contributed by atoms with E-state index in [0.29, 0.717) is 19.5 Å². The lowest BCUT2D eigenvalue weighted by Crippen LogP contribution is -2.24. The molecule has 0 spiro atoms. The van der Waals surface area contributed by atoms with Crippen LogP contribution in [0.15, 0.2) is 36.5 Å².